The molecule has 156 valence electrons. The molecule has 0 saturated carbocycles. The minimum Gasteiger partial charge on any atom is -0.367 e. The monoisotopic (exact) mass is 512 g/mol. The lowest BCUT2D eigenvalue weighted by Crippen LogP contribution is -2.47. The molecule has 1 fully saturated rings. The minimum absolute atomic E-state index is 0.708. The normalized spacial score (nSPS) is 14.3. The second kappa shape index (κ2) is 8.65. The lowest BCUT2D eigenvalue weighted by atomic mass is 10.1. The Morgan fingerprint density at radius 1 is 0.774 bits per heavy atom. The fraction of sp³-hybridized carbons (Fsp3) is 0.167. The number of halogens is 3. The zero-order chi connectivity index (χ0) is 21.4. The molecule has 0 bridgehead atoms. The molecule has 4 aromatic rings. The minimum atomic E-state index is 0.708. The van der Waals surface area contributed by atoms with Gasteiger partial charge in [0.15, 0.2) is 0 Å². The number of hydrogen-bond acceptors (Lipinski definition) is 4. The summed E-state index contributed by atoms with van der Waals surface area (Å²) in [6, 6.07) is 21.9. The Bertz CT molecular complexity index is 1240. The largest absolute Gasteiger partial charge is 0.367 e. The van der Waals surface area contributed by atoms with Crippen LogP contribution in [0.4, 0.5) is 11.6 Å². The summed E-state index contributed by atoms with van der Waals surface area (Å²) in [7, 11) is 0. The van der Waals surface area contributed by atoms with Gasteiger partial charge < -0.3 is 9.80 Å². The maximum absolute atomic E-state index is 6.40. The van der Waals surface area contributed by atoms with Gasteiger partial charge in [-0.1, -0.05) is 63.4 Å². The number of aromatic nitrogens is 2. The molecule has 1 aliphatic heterocycles. The Balaban J connectivity index is 1.49. The van der Waals surface area contributed by atoms with E-state index in [4.69, 9.17) is 33.2 Å². The third-order valence-corrected chi connectivity index (χ3v) is 6.58. The Morgan fingerprint density at radius 3 is 2.23 bits per heavy atom. The zero-order valence-corrected chi connectivity index (χ0v) is 19.7. The highest BCUT2D eigenvalue weighted by atomic mass is 79.9. The number of hydrogen-bond donors (Lipinski definition) is 0. The summed E-state index contributed by atoms with van der Waals surface area (Å²) in [5.74, 6) is 0.749. The molecule has 0 spiro atoms. The molecule has 1 saturated heterocycles. The van der Waals surface area contributed by atoms with Crippen molar-refractivity contribution in [1.82, 2.24) is 9.97 Å². The molecule has 7 heteroatoms. The number of piperazine rings is 1. The molecule has 0 radical (unpaired) electrons. The Kier molecular flexibility index (Phi) is 5.74. The average Bonchev–Trinajstić information content (AvgIpc) is 2.79. The number of anilines is 2. The van der Waals surface area contributed by atoms with Gasteiger partial charge in [0.05, 0.1) is 21.9 Å². The van der Waals surface area contributed by atoms with Crippen LogP contribution in [0.25, 0.3) is 22.2 Å². The number of fused-ring (bicyclic) bond motifs is 1. The Hall–Kier alpha value is -2.34. The Labute approximate surface area is 199 Å². The molecule has 0 atom stereocenters. The van der Waals surface area contributed by atoms with E-state index >= 15 is 0 Å². The second-order valence-electron chi connectivity index (χ2n) is 7.47. The van der Waals surface area contributed by atoms with Crippen LogP contribution in [0.3, 0.4) is 0 Å². The van der Waals surface area contributed by atoms with Crippen molar-refractivity contribution in [2.45, 2.75) is 0 Å². The van der Waals surface area contributed by atoms with Gasteiger partial charge in [-0.3, -0.25) is 0 Å². The van der Waals surface area contributed by atoms with E-state index in [2.05, 4.69) is 37.9 Å². The lowest BCUT2D eigenvalue weighted by molar-refractivity contribution is 0.641. The molecule has 4 nitrogen and oxygen atoms in total. The van der Waals surface area contributed by atoms with Crippen molar-refractivity contribution in [2.75, 3.05) is 36.0 Å². The van der Waals surface area contributed by atoms with Crippen molar-refractivity contribution in [3.8, 4) is 11.3 Å². The van der Waals surface area contributed by atoms with Gasteiger partial charge in [0.2, 0.25) is 5.95 Å². The van der Waals surface area contributed by atoms with Gasteiger partial charge >= 0.3 is 0 Å². The standard InChI is InChI=1S/C24H19BrCl2N4/c25-17-7-10-21-19(15-17)23(16-5-8-18(26)9-6-16)29-24(28-21)31-13-11-30(12-14-31)22-4-2-1-3-20(22)27/h1-10,15H,11-14H2. The van der Waals surface area contributed by atoms with Gasteiger partial charge in [0.1, 0.15) is 0 Å². The van der Waals surface area contributed by atoms with Crippen LogP contribution in [0.15, 0.2) is 71.2 Å². The van der Waals surface area contributed by atoms with E-state index in [1.54, 1.807) is 0 Å². The average molecular weight is 514 g/mol. The number of rotatable bonds is 3. The third-order valence-electron chi connectivity index (χ3n) is 5.52. The molecular formula is C24H19BrCl2N4. The van der Waals surface area contributed by atoms with Gasteiger partial charge in [0.25, 0.3) is 0 Å². The number of nitrogens with zero attached hydrogens (tertiary/aromatic N) is 4. The first-order valence-electron chi connectivity index (χ1n) is 10.1. The van der Waals surface area contributed by atoms with Crippen LogP contribution in [-0.4, -0.2) is 36.1 Å². The van der Waals surface area contributed by atoms with Gasteiger partial charge in [-0.15, -0.1) is 0 Å². The maximum Gasteiger partial charge on any atom is 0.226 e. The third kappa shape index (κ3) is 4.22. The van der Waals surface area contributed by atoms with E-state index in [9.17, 15) is 0 Å². The second-order valence-corrected chi connectivity index (χ2v) is 9.23. The molecule has 0 amide bonds. The predicted octanol–water partition coefficient (Wildman–Crippen LogP) is 6.69. The Morgan fingerprint density at radius 2 is 1.48 bits per heavy atom. The summed E-state index contributed by atoms with van der Waals surface area (Å²) in [6.07, 6.45) is 0. The van der Waals surface area contributed by atoms with E-state index in [1.165, 1.54) is 0 Å². The molecule has 1 aliphatic rings. The van der Waals surface area contributed by atoms with E-state index in [0.717, 1.165) is 69.5 Å². The van der Waals surface area contributed by atoms with Crippen molar-refractivity contribution in [1.29, 1.82) is 0 Å². The van der Waals surface area contributed by atoms with Crippen molar-refractivity contribution in [3.63, 3.8) is 0 Å². The van der Waals surface area contributed by atoms with E-state index in [-0.39, 0.29) is 0 Å². The summed E-state index contributed by atoms with van der Waals surface area (Å²) < 4.78 is 1.000. The zero-order valence-electron chi connectivity index (χ0n) is 16.6. The molecule has 0 unspecified atom stereocenters. The van der Waals surface area contributed by atoms with Crippen molar-refractivity contribution in [3.05, 3.63) is 81.2 Å². The van der Waals surface area contributed by atoms with Gasteiger partial charge in [-0.25, -0.2) is 9.97 Å². The van der Waals surface area contributed by atoms with Crippen LogP contribution < -0.4 is 9.80 Å². The predicted molar refractivity (Wildman–Crippen MR) is 134 cm³/mol. The first kappa shape index (κ1) is 20.6. The first-order valence-corrected chi connectivity index (χ1v) is 11.6. The summed E-state index contributed by atoms with van der Waals surface area (Å²) in [5.41, 5.74) is 3.93. The highest BCUT2D eigenvalue weighted by Crippen LogP contribution is 2.32. The molecule has 3 aromatic carbocycles. The summed E-state index contributed by atoms with van der Waals surface area (Å²) in [4.78, 5) is 14.4. The van der Waals surface area contributed by atoms with E-state index in [1.807, 2.05) is 54.6 Å². The van der Waals surface area contributed by atoms with Crippen molar-refractivity contribution < 1.29 is 0 Å². The van der Waals surface area contributed by atoms with Crippen LogP contribution in [0.2, 0.25) is 10.0 Å². The molecule has 31 heavy (non-hydrogen) atoms. The van der Waals surface area contributed by atoms with Crippen LogP contribution >= 0.6 is 39.1 Å². The fourth-order valence-electron chi connectivity index (χ4n) is 3.91. The van der Waals surface area contributed by atoms with Crippen LogP contribution in [-0.2, 0) is 0 Å². The van der Waals surface area contributed by atoms with Crippen molar-refractivity contribution in [2.24, 2.45) is 0 Å². The first-order chi connectivity index (χ1) is 15.1. The molecule has 2 heterocycles. The number of benzene rings is 3. The summed E-state index contributed by atoms with van der Waals surface area (Å²) >= 11 is 16.1. The molecule has 0 aliphatic carbocycles. The molecular weight excluding hydrogens is 495 g/mol. The van der Waals surface area contributed by atoms with Gasteiger partial charge in [-0.2, -0.15) is 0 Å². The summed E-state index contributed by atoms with van der Waals surface area (Å²) in [5, 5.41) is 2.50. The highest BCUT2D eigenvalue weighted by molar-refractivity contribution is 9.10. The van der Waals surface area contributed by atoms with Gasteiger partial charge in [0, 0.05) is 46.6 Å². The fourth-order valence-corrected chi connectivity index (χ4v) is 4.66. The van der Waals surface area contributed by atoms with Crippen LogP contribution in [0.1, 0.15) is 0 Å². The SMILES string of the molecule is Clc1ccc(-c2nc(N3CCN(c4ccccc4Cl)CC3)nc3ccc(Br)cc23)cc1. The quantitative estimate of drug-likeness (QED) is 0.305. The lowest BCUT2D eigenvalue weighted by Gasteiger charge is -2.36. The number of para-hydroxylation sites is 1. The van der Waals surface area contributed by atoms with Gasteiger partial charge in [-0.05, 0) is 42.5 Å². The topological polar surface area (TPSA) is 32.3 Å². The molecule has 1 aromatic heterocycles. The summed E-state index contributed by atoms with van der Waals surface area (Å²) in [6.45, 7) is 3.38. The molecule has 5 rings (SSSR count). The molecule has 0 N–H and O–H groups in total. The smallest absolute Gasteiger partial charge is 0.226 e. The highest BCUT2D eigenvalue weighted by Gasteiger charge is 2.22. The van der Waals surface area contributed by atoms with E-state index in [0.29, 0.717) is 5.02 Å². The van der Waals surface area contributed by atoms with E-state index < -0.39 is 0 Å². The van der Waals surface area contributed by atoms with Crippen LogP contribution in [0, 0.1) is 0 Å². The maximum atomic E-state index is 6.40. The van der Waals surface area contributed by atoms with Crippen LogP contribution in [0.5, 0.6) is 0 Å². The van der Waals surface area contributed by atoms with Crippen molar-refractivity contribution >= 4 is 61.7 Å².